The molecule has 0 saturated heterocycles. The summed E-state index contributed by atoms with van der Waals surface area (Å²) in [7, 11) is 0. The van der Waals surface area contributed by atoms with Crippen molar-refractivity contribution in [2.45, 2.75) is 6.92 Å². The predicted octanol–water partition coefficient (Wildman–Crippen LogP) is 4.43. The zero-order chi connectivity index (χ0) is 14.7. The Morgan fingerprint density at radius 2 is 1.80 bits per heavy atom. The molecular weight excluding hydrogens is 392 g/mol. The summed E-state index contributed by atoms with van der Waals surface area (Å²) in [5.41, 5.74) is 1.54. The van der Waals surface area contributed by atoms with Gasteiger partial charge in [0.15, 0.2) is 11.5 Å². The van der Waals surface area contributed by atoms with Crippen molar-refractivity contribution < 1.29 is 9.63 Å². The van der Waals surface area contributed by atoms with E-state index in [-0.39, 0.29) is 11.5 Å². The van der Waals surface area contributed by atoms with Crippen molar-refractivity contribution in [2.75, 3.05) is 0 Å². The van der Waals surface area contributed by atoms with Crippen LogP contribution in [-0.2, 0) is 4.79 Å². The number of benzene rings is 1. The summed E-state index contributed by atoms with van der Waals surface area (Å²) >= 11 is 6.44. The van der Waals surface area contributed by atoms with Gasteiger partial charge in [-0.1, -0.05) is 5.16 Å². The van der Waals surface area contributed by atoms with E-state index in [4.69, 9.17) is 4.84 Å². The van der Waals surface area contributed by atoms with Gasteiger partial charge in [0.05, 0.1) is 8.95 Å². The molecule has 0 heterocycles. The third-order valence-corrected chi connectivity index (χ3v) is 3.71. The van der Waals surface area contributed by atoms with Gasteiger partial charge < -0.3 is 4.84 Å². The van der Waals surface area contributed by atoms with Crippen molar-refractivity contribution in [1.82, 2.24) is 0 Å². The number of hydrogen-bond donors (Lipinski definition) is 0. The first kappa shape index (κ1) is 14.8. The monoisotopic (exact) mass is 398 g/mol. The van der Waals surface area contributed by atoms with Crippen molar-refractivity contribution in [2.24, 2.45) is 10.3 Å². The van der Waals surface area contributed by atoms with Crippen LogP contribution in [0.4, 0.5) is 5.69 Å². The first-order valence-corrected chi connectivity index (χ1v) is 7.08. The Morgan fingerprint density at radius 1 is 1.15 bits per heavy atom. The molecule has 1 aliphatic rings. The topological polar surface area (TPSA) is 68.1 Å². The molecule has 1 aromatic rings. The van der Waals surface area contributed by atoms with Crippen molar-refractivity contribution >= 4 is 49.0 Å². The summed E-state index contributed by atoms with van der Waals surface area (Å²) in [6.07, 6.45) is 4.48. The molecule has 0 unspecified atom stereocenters. The molecule has 0 amide bonds. The van der Waals surface area contributed by atoms with Gasteiger partial charge in [0.2, 0.25) is 0 Å². The van der Waals surface area contributed by atoms with Gasteiger partial charge in [-0.25, -0.2) is 0 Å². The van der Waals surface area contributed by atoms with Gasteiger partial charge in [0.25, 0.3) is 0 Å². The fourth-order valence-corrected chi connectivity index (χ4v) is 2.80. The summed E-state index contributed by atoms with van der Waals surface area (Å²) in [6, 6.07) is 3.17. The molecule has 20 heavy (non-hydrogen) atoms. The Morgan fingerprint density at radius 3 is 2.35 bits per heavy atom. The Hall–Kier alpha value is -1.60. The molecule has 0 radical (unpaired) electrons. The summed E-state index contributed by atoms with van der Waals surface area (Å²) in [5.74, 6) is 0.357. The second-order valence-corrected chi connectivity index (χ2v) is 5.67. The van der Waals surface area contributed by atoms with Crippen LogP contribution in [0.5, 0.6) is 5.75 Å². The number of nitrogens with zero attached hydrogens (tertiary/aromatic N) is 2. The Kier molecular flexibility index (Phi) is 4.61. The summed E-state index contributed by atoms with van der Waals surface area (Å²) < 4.78 is 0.998. The molecule has 0 N–H and O–H groups in total. The number of hydrogen-bond acceptors (Lipinski definition) is 5. The van der Waals surface area contributed by atoms with Crippen LogP contribution >= 0.6 is 31.9 Å². The predicted molar refractivity (Wildman–Crippen MR) is 83.3 cm³/mol. The van der Waals surface area contributed by atoms with Crippen LogP contribution in [0, 0.1) is 4.91 Å². The molecule has 102 valence electrons. The van der Waals surface area contributed by atoms with E-state index in [0.29, 0.717) is 20.4 Å². The lowest BCUT2D eigenvalue weighted by molar-refractivity contribution is -0.110. The highest BCUT2D eigenvalue weighted by Crippen LogP contribution is 2.37. The Labute approximate surface area is 131 Å². The molecule has 0 saturated carbocycles. The molecule has 0 bridgehead atoms. The lowest BCUT2D eigenvalue weighted by Crippen LogP contribution is -2.06. The van der Waals surface area contributed by atoms with E-state index in [1.165, 1.54) is 12.2 Å². The maximum Gasteiger partial charge on any atom is 0.179 e. The minimum atomic E-state index is -0.0756. The van der Waals surface area contributed by atoms with Crippen molar-refractivity contribution in [3.8, 4) is 5.75 Å². The molecular formula is C13H8Br2N2O3. The van der Waals surface area contributed by atoms with E-state index in [0.717, 1.165) is 5.57 Å². The summed E-state index contributed by atoms with van der Waals surface area (Å²) in [5, 5.41) is 6.85. The average Bonchev–Trinajstić information content (AvgIpc) is 2.37. The van der Waals surface area contributed by atoms with Gasteiger partial charge in [-0.05, 0) is 67.8 Å². The molecule has 2 rings (SSSR count). The lowest BCUT2D eigenvalue weighted by atomic mass is 10.1. The number of halogens is 2. The lowest BCUT2D eigenvalue weighted by Gasteiger charge is -2.07. The molecule has 0 spiro atoms. The zero-order valence-corrected chi connectivity index (χ0v) is 13.4. The SMILES string of the molecule is CC1=CC(=O)C=C/C1=N/Oc1cc(Br)c(N=O)c(Br)c1. The minimum absolute atomic E-state index is 0.0756. The van der Waals surface area contributed by atoms with Crippen molar-refractivity contribution in [3.05, 3.63) is 49.8 Å². The van der Waals surface area contributed by atoms with Gasteiger partial charge in [0, 0.05) is 12.1 Å². The number of carbonyl (C=O) groups is 1. The third kappa shape index (κ3) is 3.29. The van der Waals surface area contributed by atoms with Crippen LogP contribution in [0.2, 0.25) is 0 Å². The first-order chi connectivity index (χ1) is 9.51. The number of allylic oxidation sites excluding steroid dienone is 4. The van der Waals surface area contributed by atoms with E-state index in [1.54, 1.807) is 25.1 Å². The number of nitroso groups, excluding NO2 is 1. The molecule has 0 atom stereocenters. The van der Waals surface area contributed by atoms with E-state index in [2.05, 4.69) is 42.2 Å². The van der Waals surface area contributed by atoms with E-state index >= 15 is 0 Å². The Bertz CT molecular complexity index is 655. The molecule has 1 aliphatic carbocycles. The van der Waals surface area contributed by atoms with E-state index < -0.39 is 0 Å². The quantitative estimate of drug-likeness (QED) is 0.429. The summed E-state index contributed by atoms with van der Waals surface area (Å²) in [4.78, 5) is 27.0. The highest BCUT2D eigenvalue weighted by molar-refractivity contribution is 9.11. The third-order valence-electron chi connectivity index (χ3n) is 2.50. The smallest absolute Gasteiger partial charge is 0.179 e. The van der Waals surface area contributed by atoms with E-state index in [1.807, 2.05) is 0 Å². The number of ketones is 1. The fraction of sp³-hybridized carbons (Fsp3) is 0.0769. The van der Waals surface area contributed by atoms with Gasteiger partial charge in [0.1, 0.15) is 11.4 Å². The maximum absolute atomic E-state index is 11.1. The van der Waals surface area contributed by atoms with Gasteiger partial charge in [-0.15, -0.1) is 4.91 Å². The fourth-order valence-electron chi connectivity index (χ4n) is 1.51. The first-order valence-electron chi connectivity index (χ1n) is 5.49. The van der Waals surface area contributed by atoms with Crippen molar-refractivity contribution in [3.63, 3.8) is 0 Å². The van der Waals surface area contributed by atoms with Crippen LogP contribution < -0.4 is 4.84 Å². The highest BCUT2D eigenvalue weighted by atomic mass is 79.9. The second kappa shape index (κ2) is 6.23. The molecule has 0 aliphatic heterocycles. The van der Waals surface area contributed by atoms with Crippen molar-refractivity contribution in [1.29, 1.82) is 0 Å². The van der Waals surface area contributed by atoms with Crippen LogP contribution in [0.1, 0.15) is 6.92 Å². The number of carbonyl (C=O) groups excluding carboxylic acids is 1. The Balaban J connectivity index is 2.24. The number of rotatable bonds is 3. The second-order valence-electron chi connectivity index (χ2n) is 3.96. The van der Waals surface area contributed by atoms with Gasteiger partial charge >= 0.3 is 0 Å². The van der Waals surface area contributed by atoms with Crippen LogP contribution in [0.15, 0.2) is 55.2 Å². The normalized spacial score (nSPS) is 16.2. The highest BCUT2D eigenvalue weighted by Gasteiger charge is 2.11. The largest absolute Gasteiger partial charge is 0.356 e. The molecule has 1 aromatic carbocycles. The number of oxime groups is 1. The molecule has 7 heteroatoms. The zero-order valence-electron chi connectivity index (χ0n) is 10.3. The molecule has 0 fully saturated rings. The van der Waals surface area contributed by atoms with Crippen LogP contribution in [-0.4, -0.2) is 11.5 Å². The standard InChI is InChI=1S/C13H8Br2N2O3/c1-7-4-8(18)2-3-12(7)17-20-9-5-10(14)13(16-19)11(15)6-9/h2-6H,1H3/b17-12-. The van der Waals surface area contributed by atoms with E-state index in [9.17, 15) is 9.70 Å². The molecule has 0 aromatic heterocycles. The minimum Gasteiger partial charge on any atom is -0.356 e. The van der Waals surface area contributed by atoms with Crippen LogP contribution in [0.25, 0.3) is 0 Å². The summed E-state index contributed by atoms with van der Waals surface area (Å²) in [6.45, 7) is 1.77. The average molecular weight is 400 g/mol. The van der Waals surface area contributed by atoms with Gasteiger partial charge in [-0.2, -0.15) is 0 Å². The maximum atomic E-state index is 11.1. The molecule has 5 nitrogen and oxygen atoms in total. The van der Waals surface area contributed by atoms with Gasteiger partial charge in [-0.3, -0.25) is 4.79 Å². The van der Waals surface area contributed by atoms with Crippen LogP contribution in [0.3, 0.4) is 0 Å².